The van der Waals surface area contributed by atoms with E-state index < -0.39 is 0 Å². The highest BCUT2D eigenvalue weighted by atomic mass is 16.2. The molecule has 0 bridgehead atoms. The minimum atomic E-state index is 0.108. The first-order chi connectivity index (χ1) is 10.1. The summed E-state index contributed by atoms with van der Waals surface area (Å²) in [7, 11) is 0. The second-order valence-electron chi connectivity index (χ2n) is 6.46. The van der Waals surface area contributed by atoms with Gasteiger partial charge in [-0.15, -0.1) is 0 Å². The molecule has 2 aliphatic heterocycles. The molecule has 4 heteroatoms. The Kier molecular flexibility index (Phi) is 4.27. The van der Waals surface area contributed by atoms with Crippen molar-refractivity contribution >= 4 is 11.6 Å². The molecule has 0 radical (unpaired) electrons. The van der Waals surface area contributed by atoms with Crippen LogP contribution < -0.4 is 10.6 Å². The maximum atomic E-state index is 12.4. The molecule has 1 aromatic carbocycles. The maximum absolute atomic E-state index is 12.4. The average molecular weight is 287 g/mol. The van der Waals surface area contributed by atoms with Crippen molar-refractivity contribution in [2.45, 2.75) is 32.7 Å². The molecule has 0 aliphatic carbocycles. The summed E-state index contributed by atoms with van der Waals surface area (Å²) in [5, 5.41) is 6.54. The van der Waals surface area contributed by atoms with E-state index >= 15 is 0 Å². The summed E-state index contributed by atoms with van der Waals surface area (Å²) < 4.78 is 0. The standard InChI is InChI=1S/C17H25N3O/c1-12-5-6-13(2)15(8-12)19-17(21)11-20-7-3-4-14-9-18-10-16(14)20/h5-6,8,14,16,18H,3-4,7,9-11H2,1-2H3,(H,19,21). The molecule has 0 aromatic heterocycles. The smallest absolute Gasteiger partial charge is 0.238 e. The zero-order valence-corrected chi connectivity index (χ0v) is 13.0. The third kappa shape index (κ3) is 3.27. The number of rotatable bonds is 3. The minimum absolute atomic E-state index is 0.108. The van der Waals surface area contributed by atoms with Crippen LogP contribution in [-0.4, -0.2) is 43.0 Å². The van der Waals surface area contributed by atoms with Gasteiger partial charge in [-0.25, -0.2) is 0 Å². The molecule has 1 amide bonds. The molecule has 4 nitrogen and oxygen atoms in total. The Labute approximate surface area is 126 Å². The summed E-state index contributed by atoms with van der Waals surface area (Å²) in [6.45, 7) is 7.78. The van der Waals surface area contributed by atoms with Crippen LogP contribution in [0.3, 0.4) is 0 Å². The molecule has 3 rings (SSSR count). The lowest BCUT2D eigenvalue weighted by Gasteiger charge is -2.36. The number of benzene rings is 1. The molecule has 0 saturated carbocycles. The predicted octanol–water partition coefficient (Wildman–Crippen LogP) is 1.93. The van der Waals surface area contributed by atoms with E-state index in [0.717, 1.165) is 36.8 Å². The number of nitrogens with one attached hydrogen (secondary N) is 2. The van der Waals surface area contributed by atoms with Gasteiger partial charge in [-0.3, -0.25) is 9.69 Å². The van der Waals surface area contributed by atoms with E-state index in [1.807, 2.05) is 13.0 Å². The van der Waals surface area contributed by atoms with E-state index in [4.69, 9.17) is 0 Å². The zero-order valence-electron chi connectivity index (χ0n) is 13.0. The van der Waals surface area contributed by atoms with Crippen LogP contribution >= 0.6 is 0 Å². The number of piperidine rings is 1. The van der Waals surface area contributed by atoms with Crippen molar-refractivity contribution in [3.8, 4) is 0 Å². The molecule has 2 fully saturated rings. The monoisotopic (exact) mass is 287 g/mol. The van der Waals surface area contributed by atoms with Gasteiger partial charge in [0.05, 0.1) is 6.54 Å². The predicted molar refractivity (Wildman–Crippen MR) is 85.5 cm³/mol. The third-order valence-corrected chi connectivity index (χ3v) is 4.81. The summed E-state index contributed by atoms with van der Waals surface area (Å²) in [6.07, 6.45) is 2.51. The number of hydrogen-bond acceptors (Lipinski definition) is 3. The van der Waals surface area contributed by atoms with Gasteiger partial charge in [0.1, 0.15) is 0 Å². The van der Waals surface area contributed by atoms with Crippen molar-refractivity contribution in [3.63, 3.8) is 0 Å². The van der Waals surface area contributed by atoms with Crippen LogP contribution in [0.4, 0.5) is 5.69 Å². The number of anilines is 1. The van der Waals surface area contributed by atoms with E-state index in [1.165, 1.54) is 18.4 Å². The fourth-order valence-electron chi connectivity index (χ4n) is 3.60. The SMILES string of the molecule is Cc1ccc(C)c(NC(=O)CN2CCCC3CNCC32)c1. The molecule has 0 spiro atoms. The van der Waals surface area contributed by atoms with Crippen molar-refractivity contribution in [3.05, 3.63) is 29.3 Å². The van der Waals surface area contributed by atoms with E-state index in [-0.39, 0.29) is 5.91 Å². The van der Waals surface area contributed by atoms with Crippen LogP contribution in [-0.2, 0) is 4.79 Å². The van der Waals surface area contributed by atoms with Crippen molar-refractivity contribution in [1.29, 1.82) is 0 Å². The average Bonchev–Trinajstić information content (AvgIpc) is 2.92. The minimum Gasteiger partial charge on any atom is -0.325 e. The Bertz CT molecular complexity index is 529. The first kappa shape index (κ1) is 14.5. The third-order valence-electron chi connectivity index (χ3n) is 4.81. The summed E-state index contributed by atoms with van der Waals surface area (Å²) >= 11 is 0. The first-order valence-corrected chi connectivity index (χ1v) is 7.95. The van der Waals surface area contributed by atoms with Gasteiger partial charge >= 0.3 is 0 Å². The number of aryl methyl sites for hydroxylation is 2. The van der Waals surface area contributed by atoms with E-state index in [2.05, 4.69) is 34.6 Å². The lowest BCUT2D eigenvalue weighted by atomic mass is 9.92. The van der Waals surface area contributed by atoms with Crippen molar-refractivity contribution in [1.82, 2.24) is 10.2 Å². The second-order valence-corrected chi connectivity index (χ2v) is 6.46. The van der Waals surface area contributed by atoms with Gasteiger partial charge in [0.25, 0.3) is 0 Å². The lowest BCUT2D eigenvalue weighted by molar-refractivity contribution is -0.118. The number of hydrogen-bond donors (Lipinski definition) is 2. The highest BCUT2D eigenvalue weighted by Gasteiger charge is 2.35. The van der Waals surface area contributed by atoms with Gasteiger partial charge in [0.15, 0.2) is 0 Å². The fourth-order valence-corrected chi connectivity index (χ4v) is 3.60. The molecule has 21 heavy (non-hydrogen) atoms. The Morgan fingerprint density at radius 1 is 1.38 bits per heavy atom. The summed E-state index contributed by atoms with van der Waals surface area (Å²) in [5.74, 6) is 0.837. The van der Waals surface area contributed by atoms with Gasteiger partial charge in [-0.2, -0.15) is 0 Å². The second kappa shape index (κ2) is 6.16. The van der Waals surface area contributed by atoms with Gasteiger partial charge < -0.3 is 10.6 Å². The Morgan fingerprint density at radius 2 is 2.24 bits per heavy atom. The highest BCUT2D eigenvalue weighted by Crippen LogP contribution is 2.26. The van der Waals surface area contributed by atoms with E-state index in [1.54, 1.807) is 0 Å². The molecule has 2 N–H and O–H groups in total. The highest BCUT2D eigenvalue weighted by molar-refractivity contribution is 5.93. The number of nitrogens with zero attached hydrogens (tertiary/aromatic N) is 1. The van der Waals surface area contributed by atoms with Gasteiger partial charge in [-0.1, -0.05) is 12.1 Å². The fraction of sp³-hybridized carbons (Fsp3) is 0.588. The number of carbonyl (C=O) groups excluding carboxylic acids is 1. The van der Waals surface area contributed by atoms with Gasteiger partial charge in [-0.05, 0) is 62.9 Å². The lowest BCUT2D eigenvalue weighted by Crippen LogP contribution is -2.48. The van der Waals surface area contributed by atoms with E-state index in [0.29, 0.717) is 12.6 Å². The number of fused-ring (bicyclic) bond motifs is 1. The summed E-state index contributed by atoms with van der Waals surface area (Å²) in [6, 6.07) is 6.72. The zero-order chi connectivity index (χ0) is 14.8. The molecule has 1 aromatic rings. The molecular formula is C17H25N3O. The molecular weight excluding hydrogens is 262 g/mol. The van der Waals surface area contributed by atoms with Crippen molar-refractivity contribution in [2.24, 2.45) is 5.92 Å². The quantitative estimate of drug-likeness (QED) is 0.893. The largest absolute Gasteiger partial charge is 0.325 e. The first-order valence-electron chi connectivity index (χ1n) is 7.95. The number of amides is 1. The summed E-state index contributed by atoms with van der Waals surface area (Å²) in [4.78, 5) is 14.7. The molecule has 2 aliphatic rings. The van der Waals surface area contributed by atoms with Crippen LogP contribution in [0.25, 0.3) is 0 Å². The Hall–Kier alpha value is -1.39. The number of carbonyl (C=O) groups is 1. The van der Waals surface area contributed by atoms with Gasteiger partial charge in [0, 0.05) is 18.3 Å². The Morgan fingerprint density at radius 3 is 3.10 bits per heavy atom. The van der Waals surface area contributed by atoms with Crippen LogP contribution in [0.2, 0.25) is 0 Å². The number of likely N-dealkylation sites (tertiary alicyclic amines) is 1. The van der Waals surface area contributed by atoms with Crippen LogP contribution in [0.15, 0.2) is 18.2 Å². The van der Waals surface area contributed by atoms with E-state index in [9.17, 15) is 4.79 Å². The van der Waals surface area contributed by atoms with Crippen molar-refractivity contribution in [2.75, 3.05) is 31.5 Å². The topological polar surface area (TPSA) is 44.4 Å². The normalized spacial score (nSPS) is 25.6. The molecule has 114 valence electrons. The maximum Gasteiger partial charge on any atom is 0.238 e. The molecule has 2 heterocycles. The van der Waals surface area contributed by atoms with Crippen LogP contribution in [0.5, 0.6) is 0 Å². The van der Waals surface area contributed by atoms with Crippen LogP contribution in [0.1, 0.15) is 24.0 Å². The molecule has 2 unspecified atom stereocenters. The Balaban J connectivity index is 1.62. The molecule has 2 atom stereocenters. The van der Waals surface area contributed by atoms with Crippen molar-refractivity contribution < 1.29 is 4.79 Å². The van der Waals surface area contributed by atoms with Crippen LogP contribution in [0, 0.1) is 19.8 Å². The summed E-state index contributed by atoms with van der Waals surface area (Å²) in [5.41, 5.74) is 3.24. The molecule has 2 saturated heterocycles. The van der Waals surface area contributed by atoms with Gasteiger partial charge in [0.2, 0.25) is 5.91 Å².